The first-order valence-electron chi connectivity index (χ1n) is 9.43. The van der Waals surface area contributed by atoms with Crippen LogP contribution in [-0.2, 0) is 16.6 Å². The molecule has 1 aliphatic heterocycles. The zero-order valence-corrected chi connectivity index (χ0v) is 17.6. The van der Waals surface area contributed by atoms with Crippen molar-refractivity contribution < 1.29 is 13.4 Å². The largest absolute Gasteiger partial charge is 0.455 e. The summed E-state index contributed by atoms with van der Waals surface area (Å²) in [5, 5.41) is 3.43. The van der Waals surface area contributed by atoms with E-state index in [1.165, 1.54) is 0 Å². The third-order valence-electron chi connectivity index (χ3n) is 4.75. The van der Waals surface area contributed by atoms with Gasteiger partial charge in [-0.2, -0.15) is 0 Å². The van der Waals surface area contributed by atoms with Crippen LogP contribution in [-0.4, -0.2) is 66.2 Å². The van der Waals surface area contributed by atoms with Crippen LogP contribution in [0.3, 0.4) is 0 Å². The Morgan fingerprint density at radius 2 is 2.00 bits per heavy atom. The number of piperazine rings is 1. The molecule has 0 saturated carbocycles. The predicted molar refractivity (Wildman–Crippen MR) is 111 cm³/mol. The second-order valence-electron chi connectivity index (χ2n) is 6.97. The number of rotatable bonds is 8. The molecule has 2 heterocycles. The van der Waals surface area contributed by atoms with E-state index >= 15 is 0 Å². The SMILES string of the molecule is CN1CCN(CCCNC(=O)c2ccc(C[S@](=O)c3cccc(Cl)c3)o2)CC1. The number of nitrogens with one attached hydrogen (secondary N) is 1. The molecule has 1 saturated heterocycles. The smallest absolute Gasteiger partial charge is 0.286 e. The zero-order chi connectivity index (χ0) is 19.9. The van der Waals surface area contributed by atoms with Crippen molar-refractivity contribution in [2.45, 2.75) is 17.1 Å². The molecule has 0 radical (unpaired) electrons. The lowest BCUT2D eigenvalue weighted by Gasteiger charge is -2.32. The average molecular weight is 424 g/mol. The molecule has 2 aromatic rings. The summed E-state index contributed by atoms with van der Waals surface area (Å²) in [4.78, 5) is 17.6. The summed E-state index contributed by atoms with van der Waals surface area (Å²) < 4.78 is 18.0. The van der Waals surface area contributed by atoms with Gasteiger partial charge in [-0.3, -0.25) is 9.00 Å². The van der Waals surface area contributed by atoms with Crippen LogP contribution in [0.25, 0.3) is 0 Å². The van der Waals surface area contributed by atoms with Gasteiger partial charge >= 0.3 is 0 Å². The van der Waals surface area contributed by atoms with E-state index in [2.05, 4.69) is 22.2 Å². The van der Waals surface area contributed by atoms with E-state index < -0.39 is 10.8 Å². The van der Waals surface area contributed by atoms with Gasteiger partial charge < -0.3 is 19.5 Å². The lowest BCUT2D eigenvalue weighted by molar-refractivity contribution is 0.0920. The maximum atomic E-state index is 12.4. The van der Waals surface area contributed by atoms with Gasteiger partial charge in [-0.05, 0) is 50.3 Å². The summed E-state index contributed by atoms with van der Waals surface area (Å²) in [5.41, 5.74) is 0. The molecule has 1 aromatic carbocycles. The molecule has 3 rings (SSSR count). The first-order valence-corrected chi connectivity index (χ1v) is 11.1. The fourth-order valence-corrected chi connectivity index (χ4v) is 4.39. The first kappa shape index (κ1) is 21.0. The molecule has 0 spiro atoms. The monoisotopic (exact) mass is 423 g/mol. The zero-order valence-electron chi connectivity index (χ0n) is 16.0. The van der Waals surface area contributed by atoms with Crippen molar-refractivity contribution in [3.05, 3.63) is 52.9 Å². The first-order chi connectivity index (χ1) is 13.5. The molecule has 1 aliphatic rings. The fourth-order valence-electron chi connectivity index (χ4n) is 3.06. The van der Waals surface area contributed by atoms with Gasteiger partial charge in [-0.15, -0.1) is 0 Å². The summed E-state index contributed by atoms with van der Waals surface area (Å²) in [6, 6.07) is 10.3. The Hall–Kier alpha value is -1.67. The Kier molecular flexibility index (Phi) is 7.67. The van der Waals surface area contributed by atoms with Crippen molar-refractivity contribution in [2.75, 3.05) is 46.3 Å². The summed E-state index contributed by atoms with van der Waals surface area (Å²) in [5.74, 6) is 0.730. The van der Waals surface area contributed by atoms with Crippen molar-refractivity contribution >= 4 is 28.3 Å². The quantitative estimate of drug-likeness (QED) is 0.661. The van der Waals surface area contributed by atoms with Gasteiger partial charge in [0, 0.05) is 42.6 Å². The molecule has 152 valence electrons. The predicted octanol–water partition coefficient (Wildman–Crippen LogP) is 2.61. The Balaban J connectivity index is 1.41. The van der Waals surface area contributed by atoms with E-state index in [0.29, 0.717) is 22.2 Å². The minimum Gasteiger partial charge on any atom is -0.455 e. The molecule has 1 N–H and O–H groups in total. The van der Waals surface area contributed by atoms with E-state index in [0.717, 1.165) is 39.1 Å². The third-order valence-corrected chi connectivity index (χ3v) is 6.31. The molecule has 8 heteroatoms. The molecule has 0 unspecified atom stereocenters. The minimum absolute atomic E-state index is 0.205. The summed E-state index contributed by atoms with van der Waals surface area (Å²) in [6.07, 6.45) is 0.905. The van der Waals surface area contributed by atoms with Gasteiger partial charge in [0.25, 0.3) is 5.91 Å². The number of likely N-dealkylation sites (N-methyl/N-ethyl adjacent to an activating group) is 1. The molecule has 0 bridgehead atoms. The molecular formula is C20H26ClN3O3S. The van der Waals surface area contributed by atoms with E-state index in [1.807, 2.05) is 0 Å². The van der Waals surface area contributed by atoms with E-state index in [1.54, 1.807) is 36.4 Å². The standard InChI is InChI=1S/C20H26ClN3O3S/c1-23-10-12-24(13-11-23)9-3-8-22-20(25)19-7-6-17(27-19)15-28(26)18-5-2-4-16(21)14-18/h2,4-7,14H,3,8-13,15H2,1H3,(H,22,25)/t28-/m0/s1. The highest BCUT2D eigenvalue weighted by molar-refractivity contribution is 7.84. The highest BCUT2D eigenvalue weighted by atomic mass is 35.5. The van der Waals surface area contributed by atoms with Crippen molar-refractivity contribution in [3.63, 3.8) is 0 Å². The lowest BCUT2D eigenvalue weighted by Crippen LogP contribution is -2.45. The Morgan fingerprint density at radius 1 is 1.21 bits per heavy atom. The maximum Gasteiger partial charge on any atom is 0.286 e. The number of benzene rings is 1. The van der Waals surface area contributed by atoms with Gasteiger partial charge in [-0.25, -0.2) is 0 Å². The number of carbonyl (C=O) groups is 1. The van der Waals surface area contributed by atoms with Crippen LogP contribution < -0.4 is 5.32 Å². The van der Waals surface area contributed by atoms with Gasteiger partial charge in [0.05, 0.1) is 16.6 Å². The van der Waals surface area contributed by atoms with E-state index in [9.17, 15) is 9.00 Å². The molecule has 1 aromatic heterocycles. The number of amides is 1. The highest BCUT2D eigenvalue weighted by Gasteiger charge is 2.15. The molecule has 1 atom stereocenters. The topological polar surface area (TPSA) is 65.8 Å². The van der Waals surface area contributed by atoms with Crippen LogP contribution in [0.5, 0.6) is 0 Å². The highest BCUT2D eigenvalue weighted by Crippen LogP contribution is 2.18. The van der Waals surface area contributed by atoms with Gasteiger partial charge in [0.15, 0.2) is 5.76 Å². The van der Waals surface area contributed by atoms with Crippen molar-refractivity contribution in [1.29, 1.82) is 0 Å². The summed E-state index contributed by atoms with van der Waals surface area (Å²) in [7, 11) is 0.863. The summed E-state index contributed by atoms with van der Waals surface area (Å²) >= 11 is 5.94. The second-order valence-corrected chi connectivity index (χ2v) is 8.86. The van der Waals surface area contributed by atoms with Gasteiger partial charge in [0.1, 0.15) is 5.76 Å². The van der Waals surface area contributed by atoms with Gasteiger partial charge in [-0.1, -0.05) is 17.7 Å². The van der Waals surface area contributed by atoms with Crippen molar-refractivity contribution in [1.82, 2.24) is 15.1 Å². The van der Waals surface area contributed by atoms with E-state index in [4.69, 9.17) is 16.0 Å². The number of carbonyl (C=O) groups excluding carboxylic acids is 1. The second kappa shape index (κ2) is 10.2. The number of halogens is 1. The Bertz CT molecular complexity index is 819. The molecule has 0 aliphatic carbocycles. The number of hydrogen-bond donors (Lipinski definition) is 1. The normalized spacial score (nSPS) is 16.8. The Morgan fingerprint density at radius 3 is 2.75 bits per heavy atom. The lowest BCUT2D eigenvalue weighted by atomic mass is 10.3. The van der Waals surface area contributed by atoms with Crippen LogP contribution in [0.1, 0.15) is 22.7 Å². The molecule has 1 amide bonds. The van der Waals surface area contributed by atoms with Crippen LogP contribution in [0.2, 0.25) is 5.02 Å². The number of hydrogen-bond acceptors (Lipinski definition) is 5. The molecule has 28 heavy (non-hydrogen) atoms. The summed E-state index contributed by atoms with van der Waals surface area (Å²) in [6.45, 7) is 5.94. The van der Waals surface area contributed by atoms with Crippen molar-refractivity contribution in [3.8, 4) is 0 Å². The number of nitrogens with zero attached hydrogens (tertiary/aromatic N) is 2. The van der Waals surface area contributed by atoms with Crippen molar-refractivity contribution in [2.24, 2.45) is 0 Å². The van der Waals surface area contributed by atoms with Crippen LogP contribution in [0.15, 0.2) is 45.7 Å². The van der Waals surface area contributed by atoms with E-state index in [-0.39, 0.29) is 17.4 Å². The van der Waals surface area contributed by atoms with Crippen LogP contribution in [0.4, 0.5) is 0 Å². The third kappa shape index (κ3) is 6.17. The van der Waals surface area contributed by atoms with Crippen LogP contribution in [0, 0.1) is 0 Å². The maximum absolute atomic E-state index is 12.4. The van der Waals surface area contributed by atoms with Crippen LogP contribution >= 0.6 is 11.6 Å². The van der Waals surface area contributed by atoms with Gasteiger partial charge in [0.2, 0.25) is 0 Å². The number of furan rings is 1. The molecule has 6 nitrogen and oxygen atoms in total. The average Bonchev–Trinajstić information content (AvgIpc) is 3.15. The Labute approximate surface area is 173 Å². The minimum atomic E-state index is -1.28. The molecule has 1 fully saturated rings. The molecular weight excluding hydrogens is 398 g/mol. The fraction of sp³-hybridized carbons (Fsp3) is 0.450.